The largest absolute Gasteiger partial charge is 0.492 e. The predicted molar refractivity (Wildman–Crippen MR) is 119 cm³/mol. The van der Waals surface area contributed by atoms with E-state index < -0.39 is 0 Å². The van der Waals surface area contributed by atoms with E-state index in [1.165, 1.54) is 44.9 Å². The van der Waals surface area contributed by atoms with Crippen LogP contribution >= 0.6 is 11.6 Å². The topological polar surface area (TPSA) is 70.6 Å². The van der Waals surface area contributed by atoms with Gasteiger partial charge in [0.05, 0.1) is 10.6 Å². The van der Waals surface area contributed by atoms with Crippen molar-refractivity contribution >= 4 is 17.5 Å². The lowest BCUT2D eigenvalue weighted by Gasteiger charge is -2.45. The molecular formula is C23H37ClN2O3. The van der Waals surface area contributed by atoms with Crippen LogP contribution in [0.1, 0.15) is 69.2 Å². The standard InChI is InChI=1S/C22H33ClN2O3.CH4/c23-20-7-6-18(28-13-11-24-10-3-12-26)14-19(20)21(27)25-16-22-8-1-4-17(15-22)5-2-9-22;/h6-7,14,17,24,26H,1-5,8-13,15-16H2,(H,25,27);1H4. The third-order valence-electron chi connectivity index (χ3n) is 6.23. The molecule has 3 N–H and O–H groups in total. The Bertz CT molecular complexity index is 643. The molecule has 29 heavy (non-hydrogen) atoms. The average Bonchev–Trinajstić information content (AvgIpc) is 2.70. The van der Waals surface area contributed by atoms with Crippen LogP contribution in [-0.4, -0.2) is 43.9 Å². The Kier molecular flexibility index (Phi) is 9.73. The van der Waals surface area contributed by atoms with Gasteiger partial charge in [-0.05, 0) is 61.8 Å². The Morgan fingerprint density at radius 1 is 1.24 bits per heavy atom. The Balaban J connectivity index is 0.00000300. The highest BCUT2D eigenvalue weighted by molar-refractivity contribution is 6.33. The lowest BCUT2D eigenvalue weighted by Crippen LogP contribution is -2.43. The zero-order valence-electron chi connectivity index (χ0n) is 16.6. The summed E-state index contributed by atoms with van der Waals surface area (Å²) in [5.41, 5.74) is 0.768. The molecule has 2 bridgehead atoms. The summed E-state index contributed by atoms with van der Waals surface area (Å²) in [6.07, 6.45) is 9.73. The number of hydrogen-bond donors (Lipinski definition) is 3. The number of nitrogens with one attached hydrogen (secondary N) is 2. The lowest BCUT2D eigenvalue weighted by atomic mass is 9.62. The van der Waals surface area contributed by atoms with E-state index in [2.05, 4.69) is 10.6 Å². The minimum atomic E-state index is -0.112. The summed E-state index contributed by atoms with van der Waals surface area (Å²) < 4.78 is 5.73. The van der Waals surface area contributed by atoms with Crippen LogP contribution in [0.15, 0.2) is 18.2 Å². The van der Waals surface area contributed by atoms with Gasteiger partial charge in [0.1, 0.15) is 12.4 Å². The highest BCUT2D eigenvalue weighted by atomic mass is 35.5. The molecule has 2 saturated carbocycles. The Hall–Kier alpha value is -1.30. The maximum atomic E-state index is 12.8. The highest BCUT2D eigenvalue weighted by Gasteiger charge is 2.39. The van der Waals surface area contributed by atoms with E-state index in [-0.39, 0.29) is 25.4 Å². The van der Waals surface area contributed by atoms with Gasteiger partial charge < -0.3 is 20.5 Å². The first kappa shape index (κ1) is 24.0. The van der Waals surface area contributed by atoms with Crippen molar-refractivity contribution in [1.29, 1.82) is 0 Å². The summed E-state index contributed by atoms with van der Waals surface area (Å²) in [5, 5.41) is 15.6. The normalized spacial score (nSPS) is 23.2. The first-order chi connectivity index (χ1) is 13.6. The summed E-state index contributed by atoms with van der Waals surface area (Å²) in [7, 11) is 0. The number of ether oxygens (including phenoxy) is 1. The number of fused-ring (bicyclic) bond motifs is 2. The average molecular weight is 425 g/mol. The molecule has 0 aromatic heterocycles. The second-order valence-corrected chi connectivity index (χ2v) is 8.76. The molecule has 1 amide bonds. The van der Waals surface area contributed by atoms with Gasteiger partial charge in [-0.1, -0.05) is 44.7 Å². The van der Waals surface area contributed by atoms with E-state index >= 15 is 0 Å². The number of amides is 1. The van der Waals surface area contributed by atoms with Crippen molar-refractivity contribution < 1.29 is 14.6 Å². The molecule has 1 aromatic carbocycles. The molecular weight excluding hydrogens is 388 g/mol. The predicted octanol–water partition coefficient (Wildman–Crippen LogP) is 4.42. The molecule has 0 radical (unpaired) electrons. The summed E-state index contributed by atoms with van der Waals surface area (Å²) in [6, 6.07) is 5.24. The fourth-order valence-corrected chi connectivity index (χ4v) is 4.98. The number of carbonyl (C=O) groups excluding carboxylic acids is 1. The van der Waals surface area contributed by atoms with Crippen molar-refractivity contribution in [2.75, 3.05) is 32.8 Å². The molecule has 0 saturated heterocycles. The van der Waals surface area contributed by atoms with Crippen molar-refractivity contribution in [1.82, 2.24) is 10.6 Å². The molecule has 6 heteroatoms. The fourth-order valence-electron chi connectivity index (χ4n) is 4.77. The van der Waals surface area contributed by atoms with Crippen molar-refractivity contribution in [2.24, 2.45) is 11.3 Å². The van der Waals surface area contributed by atoms with Crippen LogP contribution in [0.3, 0.4) is 0 Å². The smallest absolute Gasteiger partial charge is 0.252 e. The van der Waals surface area contributed by atoms with Crippen molar-refractivity contribution in [3.05, 3.63) is 28.8 Å². The van der Waals surface area contributed by atoms with Gasteiger partial charge in [-0.25, -0.2) is 0 Å². The molecule has 3 rings (SSSR count). The summed E-state index contributed by atoms with van der Waals surface area (Å²) >= 11 is 6.28. The van der Waals surface area contributed by atoms with Gasteiger partial charge in [0.15, 0.2) is 0 Å². The van der Waals surface area contributed by atoms with Crippen LogP contribution in [-0.2, 0) is 0 Å². The van der Waals surface area contributed by atoms with Crippen molar-refractivity contribution in [2.45, 2.75) is 58.8 Å². The zero-order chi connectivity index (χ0) is 19.8. The molecule has 0 heterocycles. The van der Waals surface area contributed by atoms with Crippen LogP contribution in [0, 0.1) is 11.3 Å². The number of benzene rings is 1. The van der Waals surface area contributed by atoms with Gasteiger partial charge in [0, 0.05) is 19.7 Å². The number of aliphatic hydroxyl groups excluding tert-OH is 1. The Morgan fingerprint density at radius 3 is 2.72 bits per heavy atom. The van der Waals surface area contributed by atoms with E-state index in [4.69, 9.17) is 21.4 Å². The summed E-state index contributed by atoms with van der Waals surface area (Å²) in [5.74, 6) is 1.39. The van der Waals surface area contributed by atoms with Gasteiger partial charge in [-0.15, -0.1) is 0 Å². The molecule has 2 aliphatic carbocycles. The van der Waals surface area contributed by atoms with Crippen LogP contribution in [0.2, 0.25) is 5.02 Å². The van der Waals surface area contributed by atoms with Crippen LogP contribution in [0.4, 0.5) is 0 Å². The van der Waals surface area contributed by atoms with Gasteiger partial charge in [0.2, 0.25) is 0 Å². The summed E-state index contributed by atoms with van der Waals surface area (Å²) in [4.78, 5) is 12.8. The maximum absolute atomic E-state index is 12.8. The Labute approximate surface area is 180 Å². The molecule has 2 aliphatic rings. The highest BCUT2D eigenvalue weighted by Crippen LogP contribution is 2.48. The van der Waals surface area contributed by atoms with Gasteiger partial charge in [0.25, 0.3) is 5.91 Å². The zero-order valence-corrected chi connectivity index (χ0v) is 17.4. The van der Waals surface area contributed by atoms with Crippen molar-refractivity contribution in [3.63, 3.8) is 0 Å². The number of halogens is 1. The molecule has 2 fully saturated rings. The first-order valence-electron chi connectivity index (χ1n) is 10.6. The van der Waals surface area contributed by atoms with Crippen LogP contribution in [0.5, 0.6) is 5.75 Å². The minimum Gasteiger partial charge on any atom is -0.492 e. The van der Waals surface area contributed by atoms with E-state index in [1.54, 1.807) is 18.2 Å². The first-order valence-corrected chi connectivity index (χ1v) is 11.0. The monoisotopic (exact) mass is 424 g/mol. The van der Waals surface area contributed by atoms with Crippen LogP contribution < -0.4 is 15.4 Å². The quantitative estimate of drug-likeness (QED) is 0.486. The second kappa shape index (κ2) is 11.8. The lowest BCUT2D eigenvalue weighted by molar-refractivity contribution is 0.0681. The van der Waals surface area contributed by atoms with E-state index in [0.717, 1.165) is 25.4 Å². The number of rotatable bonds is 10. The minimum absolute atomic E-state index is 0. The maximum Gasteiger partial charge on any atom is 0.252 e. The van der Waals surface area contributed by atoms with Crippen molar-refractivity contribution in [3.8, 4) is 5.75 Å². The molecule has 0 aliphatic heterocycles. The molecule has 1 aromatic rings. The summed E-state index contributed by atoms with van der Waals surface area (Å²) in [6.45, 7) is 2.88. The van der Waals surface area contributed by atoms with E-state index in [1.807, 2.05) is 0 Å². The third-order valence-corrected chi connectivity index (χ3v) is 6.56. The van der Waals surface area contributed by atoms with E-state index in [9.17, 15) is 4.79 Å². The number of aliphatic hydroxyl groups is 1. The molecule has 0 unspecified atom stereocenters. The number of carbonyl (C=O) groups is 1. The second-order valence-electron chi connectivity index (χ2n) is 8.35. The molecule has 0 atom stereocenters. The molecule has 5 nitrogen and oxygen atoms in total. The van der Waals surface area contributed by atoms with Gasteiger partial charge >= 0.3 is 0 Å². The molecule has 0 spiro atoms. The van der Waals surface area contributed by atoms with Gasteiger partial charge in [-0.2, -0.15) is 0 Å². The SMILES string of the molecule is C.O=C(NCC12CCCC(CCC1)C2)c1cc(OCCNCCCO)ccc1Cl. The fraction of sp³-hybridized carbons (Fsp3) is 0.696. The van der Waals surface area contributed by atoms with Crippen LogP contribution in [0.25, 0.3) is 0 Å². The number of hydrogen-bond acceptors (Lipinski definition) is 4. The van der Waals surface area contributed by atoms with E-state index in [0.29, 0.717) is 29.5 Å². The third kappa shape index (κ3) is 6.87. The molecule has 164 valence electrons. The van der Waals surface area contributed by atoms with Gasteiger partial charge in [-0.3, -0.25) is 4.79 Å². The Morgan fingerprint density at radius 2 is 2.00 bits per heavy atom.